The van der Waals surface area contributed by atoms with Gasteiger partial charge in [0.15, 0.2) is 0 Å². The summed E-state index contributed by atoms with van der Waals surface area (Å²) in [6.45, 7) is 3.53. The van der Waals surface area contributed by atoms with E-state index in [4.69, 9.17) is 0 Å². The molecule has 1 saturated carbocycles. The number of nitriles is 1. The van der Waals surface area contributed by atoms with Gasteiger partial charge in [-0.1, -0.05) is 30.3 Å². The molecular weight excluding hydrogens is 420 g/mol. The summed E-state index contributed by atoms with van der Waals surface area (Å²) in [5.41, 5.74) is 3.99. The van der Waals surface area contributed by atoms with Gasteiger partial charge in [0.2, 0.25) is 0 Å². The summed E-state index contributed by atoms with van der Waals surface area (Å²) in [5, 5.41) is 12.6. The second kappa shape index (κ2) is 8.69. The van der Waals surface area contributed by atoms with Crippen molar-refractivity contribution in [1.29, 1.82) is 5.26 Å². The van der Waals surface area contributed by atoms with Crippen LogP contribution in [0.25, 0.3) is 11.3 Å². The molecule has 7 nitrogen and oxygen atoms in total. The van der Waals surface area contributed by atoms with Crippen LogP contribution in [0.5, 0.6) is 0 Å². The van der Waals surface area contributed by atoms with E-state index < -0.39 is 0 Å². The quantitative estimate of drug-likeness (QED) is 0.641. The van der Waals surface area contributed by atoms with Crippen molar-refractivity contribution in [2.24, 2.45) is 0 Å². The van der Waals surface area contributed by atoms with Crippen LogP contribution in [0.4, 0.5) is 11.5 Å². The van der Waals surface area contributed by atoms with Crippen molar-refractivity contribution in [3.8, 4) is 17.3 Å². The molecule has 2 aliphatic rings. The van der Waals surface area contributed by atoms with Crippen molar-refractivity contribution in [3.63, 3.8) is 0 Å². The van der Waals surface area contributed by atoms with Crippen LogP contribution in [-0.2, 0) is 0 Å². The van der Waals surface area contributed by atoms with E-state index >= 15 is 0 Å². The molecule has 2 fully saturated rings. The van der Waals surface area contributed by atoms with E-state index in [-0.39, 0.29) is 5.91 Å². The average Bonchev–Trinajstić information content (AvgIpc) is 3.57. The van der Waals surface area contributed by atoms with E-state index in [2.05, 4.69) is 37.6 Å². The molecule has 8 heteroatoms. The molecule has 1 amide bonds. The molecule has 2 aromatic heterocycles. The normalized spacial score (nSPS) is 16.6. The summed E-state index contributed by atoms with van der Waals surface area (Å²) >= 11 is 1.24. The van der Waals surface area contributed by atoms with E-state index in [1.807, 2.05) is 30.3 Å². The van der Waals surface area contributed by atoms with Crippen LogP contribution in [0.2, 0.25) is 0 Å². The van der Waals surface area contributed by atoms with Crippen molar-refractivity contribution >= 4 is 28.9 Å². The van der Waals surface area contributed by atoms with Crippen LogP contribution in [0, 0.1) is 11.3 Å². The number of benzene rings is 1. The number of hydrogen-bond donors (Lipinski definition) is 1. The van der Waals surface area contributed by atoms with Crippen molar-refractivity contribution in [2.45, 2.75) is 18.8 Å². The molecule has 1 aromatic carbocycles. The van der Waals surface area contributed by atoms with Gasteiger partial charge in [0.1, 0.15) is 16.8 Å². The number of likely N-dealkylation sites (N-methyl/N-ethyl adjacent to an activating group) is 1. The maximum absolute atomic E-state index is 13.2. The van der Waals surface area contributed by atoms with Gasteiger partial charge in [-0.3, -0.25) is 4.79 Å². The fraction of sp³-hybridized carbons (Fsp3) is 0.333. The maximum Gasteiger partial charge on any atom is 0.267 e. The van der Waals surface area contributed by atoms with Gasteiger partial charge in [0.05, 0.1) is 23.1 Å². The Bertz CT molecular complexity index is 1170. The smallest absolute Gasteiger partial charge is 0.267 e. The predicted molar refractivity (Wildman–Crippen MR) is 126 cm³/mol. The zero-order valence-corrected chi connectivity index (χ0v) is 18.7. The minimum atomic E-state index is -0.190. The van der Waals surface area contributed by atoms with E-state index in [1.54, 1.807) is 12.3 Å². The van der Waals surface area contributed by atoms with Gasteiger partial charge in [-0.05, 0) is 43.4 Å². The molecule has 0 atom stereocenters. The highest BCUT2D eigenvalue weighted by atomic mass is 32.1. The maximum atomic E-state index is 13.2. The van der Waals surface area contributed by atoms with Crippen molar-refractivity contribution in [3.05, 3.63) is 58.6 Å². The number of amides is 1. The molecular formula is C24H24N6OS. The Balaban J connectivity index is 1.39. The molecule has 0 radical (unpaired) electrons. The number of carbonyl (C=O) groups is 1. The summed E-state index contributed by atoms with van der Waals surface area (Å²) in [4.78, 5) is 22.7. The zero-order valence-electron chi connectivity index (χ0n) is 17.9. The topological polar surface area (TPSA) is 85.2 Å². The van der Waals surface area contributed by atoms with E-state index in [1.165, 1.54) is 11.5 Å². The molecule has 1 saturated heterocycles. The molecule has 3 aromatic rings. The molecule has 1 aliphatic heterocycles. The lowest BCUT2D eigenvalue weighted by atomic mass is 10.0. The molecule has 32 heavy (non-hydrogen) atoms. The first-order chi connectivity index (χ1) is 15.6. The Morgan fingerprint density at radius 2 is 1.94 bits per heavy atom. The molecule has 1 aliphatic carbocycles. The number of hydrogen-bond acceptors (Lipinski definition) is 7. The SMILES string of the molecule is CN1CCN(c2ncc(NC(=O)c3snc(-c4ccccc4)c3C3CC3)cc2C#N)CC1. The molecule has 0 bridgehead atoms. The number of nitrogens with one attached hydrogen (secondary N) is 1. The fourth-order valence-corrected chi connectivity index (χ4v) is 4.96. The summed E-state index contributed by atoms with van der Waals surface area (Å²) in [6, 6.07) is 14.0. The van der Waals surface area contributed by atoms with Gasteiger partial charge < -0.3 is 15.1 Å². The van der Waals surface area contributed by atoms with Crippen molar-refractivity contribution in [2.75, 3.05) is 43.4 Å². The monoisotopic (exact) mass is 444 g/mol. The number of rotatable bonds is 5. The van der Waals surface area contributed by atoms with Gasteiger partial charge in [-0.2, -0.15) is 9.64 Å². The highest BCUT2D eigenvalue weighted by Crippen LogP contribution is 2.47. The highest BCUT2D eigenvalue weighted by Gasteiger charge is 2.34. The van der Waals surface area contributed by atoms with Crippen LogP contribution >= 0.6 is 11.5 Å². The Morgan fingerprint density at radius 3 is 2.62 bits per heavy atom. The lowest BCUT2D eigenvalue weighted by Gasteiger charge is -2.33. The van der Waals surface area contributed by atoms with Crippen molar-refractivity contribution in [1.82, 2.24) is 14.3 Å². The van der Waals surface area contributed by atoms with Gasteiger partial charge in [0, 0.05) is 37.3 Å². The van der Waals surface area contributed by atoms with Crippen LogP contribution in [0.3, 0.4) is 0 Å². The van der Waals surface area contributed by atoms with Gasteiger partial charge >= 0.3 is 0 Å². The molecule has 0 unspecified atom stereocenters. The Morgan fingerprint density at radius 1 is 1.19 bits per heavy atom. The van der Waals surface area contributed by atoms with Crippen LogP contribution in [-0.4, -0.2) is 53.4 Å². The molecule has 0 spiro atoms. The first-order valence-corrected chi connectivity index (χ1v) is 11.6. The number of aromatic nitrogens is 2. The van der Waals surface area contributed by atoms with Gasteiger partial charge in [-0.15, -0.1) is 0 Å². The number of pyridine rings is 1. The van der Waals surface area contributed by atoms with Crippen LogP contribution < -0.4 is 10.2 Å². The lowest BCUT2D eigenvalue weighted by molar-refractivity contribution is 0.102. The third kappa shape index (κ3) is 4.09. The largest absolute Gasteiger partial charge is 0.353 e. The molecule has 5 rings (SSSR count). The third-order valence-electron chi connectivity index (χ3n) is 6.01. The Kier molecular flexibility index (Phi) is 5.60. The minimum Gasteiger partial charge on any atom is -0.353 e. The Hall–Kier alpha value is -3.28. The summed E-state index contributed by atoms with van der Waals surface area (Å²) in [7, 11) is 2.09. The first-order valence-electron chi connectivity index (χ1n) is 10.8. The lowest BCUT2D eigenvalue weighted by Crippen LogP contribution is -2.45. The number of piperazine rings is 1. The second-order valence-corrected chi connectivity index (χ2v) is 9.14. The Labute approximate surface area is 191 Å². The van der Waals surface area contributed by atoms with Gasteiger partial charge in [-0.25, -0.2) is 4.98 Å². The fourth-order valence-electron chi connectivity index (χ4n) is 4.08. The van der Waals surface area contributed by atoms with E-state index in [0.29, 0.717) is 27.9 Å². The van der Waals surface area contributed by atoms with E-state index in [9.17, 15) is 10.1 Å². The van der Waals surface area contributed by atoms with Crippen LogP contribution in [0.1, 0.15) is 39.6 Å². The predicted octanol–water partition coefficient (Wildman–Crippen LogP) is 3.96. The second-order valence-electron chi connectivity index (χ2n) is 8.37. The molecule has 1 N–H and O–H groups in total. The average molecular weight is 445 g/mol. The number of carbonyl (C=O) groups excluding carboxylic acids is 1. The zero-order chi connectivity index (χ0) is 22.1. The molecule has 3 heterocycles. The first kappa shape index (κ1) is 20.6. The summed E-state index contributed by atoms with van der Waals surface area (Å²) < 4.78 is 4.63. The van der Waals surface area contributed by atoms with Crippen LogP contribution in [0.15, 0.2) is 42.6 Å². The van der Waals surface area contributed by atoms with Gasteiger partial charge in [0.25, 0.3) is 5.91 Å². The van der Waals surface area contributed by atoms with E-state index in [0.717, 1.165) is 55.8 Å². The minimum absolute atomic E-state index is 0.190. The third-order valence-corrected chi connectivity index (χ3v) is 6.88. The number of anilines is 2. The highest BCUT2D eigenvalue weighted by molar-refractivity contribution is 7.08. The number of nitrogens with zero attached hydrogens (tertiary/aromatic N) is 5. The summed E-state index contributed by atoms with van der Waals surface area (Å²) in [5.74, 6) is 0.878. The standard InChI is InChI=1S/C24H24N6OS/c1-29-9-11-30(12-10-29)23-18(14-25)13-19(15-26-23)27-24(31)22-20(16-7-8-16)21(28-32-22)17-5-3-2-4-6-17/h2-6,13,15-16H,7-12H2,1H3,(H,27,31). The summed E-state index contributed by atoms with van der Waals surface area (Å²) in [6.07, 6.45) is 3.80. The molecule has 162 valence electrons. The van der Waals surface area contributed by atoms with Crippen molar-refractivity contribution < 1.29 is 4.79 Å².